The van der Waals surface area contributed by atoms with Crippen molar-refractivity contribution >= 4 is 28.6 Å². The maximum absolute atomic E-state index is 14.3. The molecule has 1 fully saturated rings. The number of rotatable bonds is 6. The van der Waals surface area contributed by atoms with Crippen molar-refractivity contribution in [2.24, 2.45) is 5.92 Å². The number of para-hydroxylation sites is 2. The minimum Gasteiger partial charge on any atom is -0.497 e. The maximum atomic E-state index is 14.3. The average Bonchev–Trinajstić information content (AvgIpc) is 3.08. The number of aromatic nitrogens is 1. The number of fused-ring (bicyclic) bond motifs is 1. The molecule has 0 atom stereocenters. The predicted octanol–water partition coefficient (Wildman–Crippen LogP) is 6.50. The first-order chi connectivity index (χ1) is 21.1. The summed E-state index contributed by atoms with van der Waals surface area (Å²) in [6.07, 6.45) is 7.84. The number of carbonyl (C=O) groups excluding carboxylic acids is 2. The van der Waals surface area contributed by atoms with Gasteiger partial charge in [-0.3, -0.25) is 10.2 Å². The number of hydrazine groups is 1. The van der Waals surface area contributed by atoms with Gasteiger partial charge in [0.15, 0.2) is 0 Å². The average molecular weight is 575 g/mol. The van der Waals surface area contributed by atoms with Gasteiger partial charge in [-0.05, 0) is 61.1 Å². The molecule has 0 spiro atoms. The summed E-state index contributed by atoms with van der Waals surface area (Å²) in [5, 5.41) is 1.89. The van der Waals surface area contributed by atoms with E-state index in [2.05, 4.69) is 16.4 Å². The number of nitrogens with zero attached hydrogens (tertiary/aromatic N) is 3. The molecule has 2 aliphatic heterocycles. The van der Waals surface area contributed by atoms with Crippen LogP contribution in [0, 0.1) is 5.92 Å². The SMILES string of the molecule is COC(=O)N(NC(=O)c1c(CC2CCN(C3=CCOC=C3)CC2)c(-c2ccccc2)nc2ccccc12)c1ccccc1. The highest BCUT2D eigenvalue weighted by Gasteiger charge is 2.29. The number of carbonyl (C=O) groups is 2. The van der Waals surface area contributed by atoms with E-state index in [1.54, 1.807) is 30.5 Å². The number of anilines is 1. The molecule has 4 aromatic rings. The number of hydrogen-bond donors (Lipinski definition) is 1. The van der Waals surface area contributed by atoms with Gasteiger partial charge in [-0.15, -0.1) is 0 Å². The molecular weight excluding hydrogens is 540 g/mol. The van der Waals surface area contributed by atoms with Crippen molar-refractivity contribution in [1.82, 2.24) is 15.3 Å². The summed E-state index contributed by atoms with van der Waals surface area (Å²) >= 11 is 0. The van der Waals surface area contributed by atoms with E-state index in [9.17, 15) is 9.59 Å². The van der Waals surface area contributed by atoms with Crippen molar-refractivity contribution in [2.45, 2.75) is 19.3 Å². The molecule has 0 aliphatic carbocycles. The number of piperidine rings is 1. The molecule has 2 amide bonds. The van der Waals surface area contributed by atoms with Crippen molar-refractivity contribution in [3.63, 3.8) is 0 Å². The molecule has 2 aliphatic rings. The fourth-order valence-electron chi connectivity index (χ4n) is 5.88. The Morgan fingerprint density at radius 2 is 1.67 bits per heavy atom. The quantitative estimate of drug-likeness (QED) is 0.265. The van der Waals surface area contributed by atoms with E-state index in [-0.39, 0.29) is 0 Å². The van der Waals surface area contributed by atoms with E-state index in [0.717, 1.165) is 53.1 Å². The molecule has 8 heteroatoms. The molecule has 3 heterocycles. The predicted molar refractivity (Wildman–Crippen MR) is 167 cm³/mol. The Balaban J connectivity index is 1.40. The molecule has 6 rings (SSSR count). The molecule has 0 radical (unpaired) electrons. The van der Waals surface area contributed by atoms with Gasteiger partial charge in [0, 0.05) is 29.7 Å². The smallest absolute Gasteiger partial charge is 0.433 e. The molecule has 0 saturated carbocycles. The summed E-state index contributed by atoms with van der Waals surface area (Å²) in [6.45, 7) is 2.45. The third-order valence-electron chi connectivity index (χ3n) is 8.05. The third kappa shape index (κ3) is 6.09. The van der Waals surface area contributed by atoms with E-state index in [1.165, 1.54) is 12.8 Å². The first-order valence-electron chi connectivity index (χ1n) is 14.6. The zero-order valence-electron chi connectivity index (χ0n) is 24.1. The lowest BCUT2D eigenvalue weighted by atomic mass is 9.85. The van der Waals surface area contributed by atoms with Crippen molar-refractivity contribution in [3.8, 4) is 11.3 Å². The Hall–Kier alpha value is -5.11. The summed E-state index contributed by atoms with van der Waals surface area (Å²) in [5.41, 5.74) is 8.39. The topological polar surface area (TPSA) is 84.0 Å². The highest BCUT2D eigenvalue weighted by Crippen LogP contribution is 2.35. The van der Waals surface area contributed by atoms with Crippen LogP contribution >= 0.6 is 0 Å². The monoisotopic (exact) mass is 574 g/mol. The molecule has 1 saturated heterocycles. The number of likely N-dealkylation sites (tertiary alicyclic amines) is 1. The van der Waals surface area contributed by atoms with Gasteiger partial charge >= 0.3 is 6.09 Å². The van der Waals surface area contributed by atoms with Crippen LogP contribution in [0.25, 0.3) is 22.2 Å². The Kier molecular flexibility index (Phi) is 8.35. The van der Waals surface area contributed by atoms with Crippen molar-refractivity contribution < 1.29 is 19.1 Å². The molecule has 0 bridgehead atoms. The number of ether oxygens (including phenoxy) is 2. The van der Waals surface area contributed by atoms with Gasteiger partial charge in [0.2, 0.25) is 0 Å². The summed E-state index contributed by atoms with van der Waals surface area (Å²) in [4.78, 5) is 34.7. The molecular formula is C35H34N4O4. The van der Waals surface area contributed by atoms with Crippen LogP contribution in [0.5, 0.6) is 0 Å². The minimum atomic E-state index is -0.688. The van der Waals surface area contributed by atoms with Crippen molar-refractivity contribution in [2.75, 3.05) is 31.8 Å². The number of methoxy groups -OCH3 is 1. The number of benzene rings is 3. The second kappa shape index (κ2) is 12.8. The second-order valence-electron chi connectivity index (χ2n) is 10.7. The van der Waals surface area contributed by atoms with E-state index >= 15 is 0 Å². The van der Waals surface area contributed by atoms with E-state index in [1.807, 2.05) is 66.7 Å². The number of allylic oxidation sites excluding steroid dienone is 1. The lowest BCUT2D eigenvalue weighted by molar-refractivity contribution is 0.0941. The normalized spacial score (nSPS) is 15.0. The van der Waals surface area contributed by atoms with Crippen molar-refractivity contribution in [3.05, 3.63) is 120 Å². The fraction of sp³-hybridized carbons (Fsp3) is 0.229. The first kappa shape index (κ1) is 28.0. The molecule has 1 aromatic heterocycles. The highest BCUT2D eigenvalue weighted by atomic mass is 16.5. The lowest BCUT2D eigenvalue weighted by Crippen LogP contribution is -2.47. The van der Waals surface area contributed by atoms with Crippen LogP contribution in [0.4, 0.5) is 10.5 Å². The molecule has 8 nitrogen and oxygen atoms in total. The largest absolute Gasteiger partial charge is 0.497 e. The standard InChI is InChI=1S/C35H34N4O4/c1-42-35(41)39(28-12-6-3-7-13-28)37-34(40)32-29-14-8-9-15-31(29)36-33(26-10-4-2-5-11-26)30(32)24-25-16-20-38(21-17-25)27-18-22-43-23-19-27/h2-15,18-19,22,25H,16-17,20-21,23-24H2,1H3,(H,37,40). The first-order valence-corrected chi connectivity index (χ1v) is 14.6. The summed E-state index contributed by atoms with van der Waals surface area (Å²) < 4.78 is 10.4. The van der Waals surface area contributed by atoms with Gasteiger partial charge in [0.25, 0.3) is 5.91 Å². The maximum Gasteiger partial charge on any atom is 0.433 e. The van der Waals surface area contributed by atoms with Crippen LogP contribution < -0.4 is 10.4 Å². The molecule has 43 heavy (non-hydrogen) atoms. The van der Waals surface area contributed by atoms with Crippen LogP contribution in [0.3, 0.4) is 0 Å². The molecule has 0 unspecified atom stereocenters. The van der Waals surface area contributed by atoms with E-state index < -0.39 is 12.0 Å². The zero-order chi connectivity index (χ0) is 29.6. The van der Waals surface area contributed by atoms with Crippen LogP contribution in [0.15, 0.2) is 109 Å². The van der Waals surface area contributed by atoms with Crippen LogP contribution in [0.2, 0.25) is 0 Å². The lowest BCUT2D eigenvalue weighted by Gasteiger charge is -2.35. The minimum absolute atomic E-state index is 0.350. The summed E-state index contributed by atoms with van der Waals surface area (Å²) in [5.74, 6) is -0.0431. The van der Waals surface area contributed by atoms with Crippen LogP contribution in [-0.2, 0) is 15.9 Å². The van der Waals surface area contributed by atoms with Gasteiger partial charge in [-0.1, -0.05) is 66.7 Å². The van der Waals surface area contributed by atoms with Gasteiger partial charge < -0.3 is 14.4 Å². The van der Waals surface area contributed by atoms with E-state index in [4.69, 9.17) is 14.5 Å². The Bertz CT molecular complexity index is 1660. The third-order valence-corrected chi connectivity index (χ3v) is 8.05. The van der Waals surface area contributed by atoms with Gasteiger partial charge in [-0.2, -0.15) is 5.01 Å². The van der Waals surface area contributed by atoms with Crippen molar-refractivity contribution in [1.29, 1.82) is 0 Å². The molecule has 218 valence electrons. The zero-order valence-corrected chi connectivity index (χ0v) is 24.1. The van der Waals surface area contributed by atoms with Crippen LogP contribution in [0.1, 0.15) is 28.8 Å². The Morgan fingerprint density at radius 1 is 0.977 bits per heavy atom. The van der Waals surface area contributed by atoms with Gasteiger partial charge in [0.05, 0.1) is 35.8 Å². The van der Waals surface area contributed by atoms with Gasteiger partial charge in [0.1, 0.15) is 6.61 Å². The van der Waals surface area contributed by atoms with E-state index in [0.29, 0.717) is 35.7 Å². The number of pyridine rings is 1. The Labute approximate surface area is 251 Å². The molecule has 3 aromatic carbocycles. The Morgan fingerprint density at radius 3 is 2.37 bits per heavy atom. The highest BCUT2D eigenvalue weighted by molar-refractivity contribution is 6.10. The van der Waals surface area contributed by atoms with Crippen LogP contribution in [-0.4, -0.2) is 48.7 Å². The fourth-order valence-corrected chi connectivity index (χ4v) is 5.88. The summed E-state index contributed by atoms with van der Waals surface area (Å²) in [7, 11) is 1.30. The number of amides is 2. The van der Waals surface area contributed by atoms with Gasteiger partial charge in [-0.25, -0.2) is 9.78 Å². The summed E-state index contributed by atoms with van der Waals surface area (Å²) in [6, 6.07) is 26.6. The number of nitrogens with one attached hydrogen (secondary N) is 1. The second-order valence-corrected chi connectivity index (χ2v) is 10.7. The molecule has 1 N–H and O–H groups in total. The number of hydrogen-bond acceptors (Lipinski definition) is 6.